The molecule has 1 aromatic rings. The number of hydrogen-bond donors (Lipinski definition) is 2. The van der Waals surface area contributed by atoms with Crippen molar-refractivity contribution in [3.05, 3.63) is 29.6 Å². The SMILES string of the molecule is CCNC(=NCC1CCCC1O)N(C)Cc1ccc(OC)c(F)c1.I. The second-order valence-electron chi connectivity index (χ2n) is 6.28. The third-order valence-electron chi connectivity index (χ3n) is 4.43. The molecule has 2 unspecified atom stereocenters. The molecule has 1 aliphatic carbocycles. The Morgan fingerprint density at radius 2 is 2.20 bits per heavy atom. The largest absolute Gasteiger partial charge is 0.494 e. The Kier molecular flexibility index (Phi) is 9.48. The lowest BCUT2D eigenvalue weighted by Gasteiger charge is -2.23. The van der Waals surface area contributed by atoms with Crippen molar-refractivity contribution in [3.63, 3.8) is 0 Å². The lowest BCUT2D eigenvalue weighted by Crippen LogP contribution is -2.39. The topological polar surface area (TPSA) is 57.1 Å². The highest BCUT2D eigenvalue weighted by Gasteiger charge is 2.25. The van der Waals surface area contributed by atoms with Gasteiger partial charge < -0.3 is 20.1 Å². The van der Waals surface area contributed by atoms with Gasteiger partial charge in [-0.3, -0.25) is 4.99 Å². The van der Waals surface area contributed by atoms with Crippen LogP contribution in [0.5, 0.6) is 5.75 Å². The molecule has 1 aliphatic rings. The van der Waals surface area contributed by atoms with E-state index in [4.69, 9.17) is 4.74 Å². The molecule has 0 radical (unpaired) electrons. The average molecular weight is 465 g/mol. The van der Waals surface area contributed by atoms with E-state index in [0.29, 0.717) is 13.1 Å². The van der Waals surface area contributed by atoms with Crippen LogP contribution in [0, 0.1) is 11.7 Å². The van der Waals surface area contributed by atoms with Gasteiger partial charge in [-0.2, -0.15) is 0 Å². The molecule has 0 aliphatic heterocycles. The molecule has 1 fully saturated rings. The fraction of sp³-hybridized carbons (Fsp3) is 0.611. The molecule has 0 saturated heterocycles. The lowest BCUT2D eigenvalue weighted by molar-refractivity contribution is 0.136. The summed E-state index contributed by atoms with van der Waals surface area (Å²) in [5, 5.41) is 13.2. The van der Waals surface area contributed by atoms with E-state index in [2.05, 4.69) is 10.3 Å². The Hall–Kier alpha value is -1.09. The Morgan fingerprint density at radius 3 is 2.76 bits per heavy atom. The van der Waals surface area contributed by atoms with Gasteiger partial charge in [0.2, 0.25) is 0 Å². The minimum Gasteiger partial charge on any atom is -0.494 e. The molecule has 0 spiro atoms. The van der Waals surface area contributed by atoms with Gasteiger partial charge in [-0.1, -0.05) is 12.5 Å². The van der Waals surface area contributed by atoms with E-state index in [1.807, 2.05) is 24.9 Å². The molecular formula is C18H29FIN3O2. The van der Waals surface area contributed by atoms with E-state index < -0.39 is 0 Å². The number of aliphatic hydroxyl groups is 1. The quantitative estimate of drug-likeness (QED) is 0.386. The summed E-state index contributed by atoms with van der Waals surface area (Å²) in [6.07, 6.45) is 2.73. The van der Waals surface area contributed by atoms with Crippen LogP contribution in [0.15, 0.2) is 23.2 Å². The van der Waals surface area contributed by atoms with Crippen molar-refractivity contribution >= 4 is 29.9 Å². The van der Waals surface area contributed by atoms with Gasteiger partial charge in [0.05, 0.1) is 13.2 Å². The Balaban J connectivity index is 0.00000312. The van der Waals surface area contributed by atoms with E-state index in [-0.39, 0.29) is 47.6 Å². The fourth-order valence-electron chi connectivity index (χ4n) is 3.06. The first-order chi connectivity index (χ1) is 11.5. The van der Waals surface area contributed by atoms with Crippen LogP contribution in [0.25, 0.3) is 0 Å². The van der Waals surface area contributed by atoms with Gasteiger partial charge in [0.1, 0.15) is 0 Å². The maximum Gasteiger partial charge on any atom is 0.193 e. The highest BCUT2D eigenvalue weighted by Crippen LogP contribution is 2.25. The van der Waals surface area contributed by atoms with Crippen LogP contribution in [0.2, 0.25) is 0 Å². The van der Waals surface area contributed by atoms with Crippen LogP contribution in [0.3, 0.4) is 0 Å². The first-order valence-electron chi connectivity index (χ1n) is 8.55. The van der Waals surface area contributed by atoms with Crippen LogP contribution in [0.1, 0.15) is 31.7 Å². The van der Waals surface area contributed by atoms with E-state index in [9.17, 15) is 9.50 Å². The third kappa shape index (κ3) is 6.29. The highest BCUT2D eigenvalue weighted by atomic mass is 127. The van der Waals surface area contributed by atoms with E-state index >= 15 is 0 Å². The van der Waals surface area contributed by atoms with Crippen LogP contribution in [0.4, 0.5) is 4.39 Å². The molecule has 0 heterocycles. The smallest absolute Gasteiger partial charge is 0.193 e. The maximum absolute atomic E-state index is 13.8. The molecule has 2 atom stereocenters. The second-order valence-corrected chi connectivity index (χ2v) is 6.28. The van der Waals surface area contributed by atoms with Gasteiger partial charge >= 0.3 is 0 Å². The van der Waals surface area contributed by atoms with Gasteiger partial charge in [0.15, 0.2) is 17.5 Å². The van der Waals surface area contributed by atoms with Crippen molar-refractivity contribution in [1.29, 1.82) is 0 Å². The number of rotatable bonds is 6. The number of aliphatic imine (C=N–C) groups is 1. The molecule has 2 N–H and O–H groups in total. The van der Waals surface area contributed by atoms with Crippen molar-refractivity contribution in [1.82, 2.24) is 10.2 Å². The summed E-state index contributed by atoms with van der Waals surface area (Å²) in [7, 11) is 3.38. The zero-order valence-electron chi connectivity index (χ0n) is 15.2. The Labute approximate surface area is 166 Å². The molecule has 142 valence electrons. The van der Waals surface area contributed by atoms with E-state index in [1.54, 1.807) is 6.07 Å². The fourth-order valence-corrected chi connectivity index (χ4v) is 3.06. The van der Waals surface area contributed by atoms with Gasteiger partial charge in [0.25, 0.3) is 0 Å². The van der Waals surface area contributed by atoms with Crippen molar-refractivity contribution in [3.8, 4) is 5.75 Å². The number of nitrogens with zero attached hydrogens (tertiary/aromatic N) is 2. The number of benzene rings is 1. The molecule has 2 rings (SSSR count). The van der Waals surface area contributed by atoms with Crippen LogP contribution < -0.4 is 10.1 Å². The molecule has 1 aromatic carbocycles. The summed E-state index contributed by atoms with van der Waals surface area (Å²) < 4.78 is 18.8. The lowest BCUT2D eigenvalue weighted by atomic mass is 10.1. The molecule has 25 heavy (non-hydrogen) atoms. The second kappa shape index (κ2) is 10.8. The van der Waals surface area contributed by atoms with Gasteiger partial charge in [-0.15, -0.1) is 24.0 Å². The minimum atomic E-state index is -0.362. The van der Waals surface area contributed by atoms with Gasteiger partial charge in [0, 0.05) is 32.6 Å². The zero-order chi connectivity index (χ0) is 17.5. The van der Waals surface area contributed by atoms with Crippen molar-refractivity contribution in [2.75, 3.05) is 27.2 Å². The monoisotopic (exact) mass is 465 g/mol. The van der Waals surface area contributed by atoms with E-state index in [0.717, 1.165) is 37.3 Å². The molecule has 5 nitrogen and oxygen atoms in total. The number of hydrogen-bond acceptors (Lipinski definition) is 3. The first-order valence-corrected chi connectivity index (χ1v) is 8.55. The van der Waals surface area contributed by atoms with Crippen LogP contribution >= 0.6 is 24.0 Å². The van der Waals surface area contributed by atoms with Crippen molar-refractivity contribution < 1.29 is 14.2 Å². The van der Waals surface area contributed by atoms with Crippen LogP contribution in [-0.4, -0.2) is 49.3 Å². The number of aliphatic hydroxyl groups excluding tert-OH is 1. The summed E-state index contributed by atoms with van der Waals surface area (Å²) in [6.45, 7) is 3.93. The third-order valence-corrected chi connectivity index (χ3v) is 4.43. The molecule has 0 amide bonds. The van der Waals surface area contributed by atoms with Crippen molar-refractivity contribution in [2.45, 2.75) is 38.8 Å². The number of methoxy groups -OCH3 is 1. The average Bonchev–Trinajstić information content (AvgIpc) is 2.96. The summed E-state index contributed by atoms with van der Waals surface area (Å²) in [5.41, 5.74) is 0.849. The van der Waals surface area contributed by atoms with Crippen molar-refractivity contribution in [2.24, 2.45) is 10.9 Å². The molecule has 0 bridgehead atoms. The van der Waals surface area contributed by atoms with Gasteiger partial charge in [-0.05, 0) is 37.5 Å². The zero-order valence-corrected chi connectivity index (χ0v) is 17.5. The first kappa shape index (κ1) is 22.0. The predicted molar refractivity (Wildman–Crippen MR) is 109 cm³/mol. The molecular weight excluding hydrogens is 436 g/mol. The number of nitrogens with one attached hydrogen (secondary N) is 1. The Bertz CT molecular complexity index is 571. The summed E-state index contributed by atoms with van der Waals surface area (Å²) in [4.78, 5) is 6.62. The predicted octanol–water partition coefficient (Wildman–Crippen LogP) is 3.01. The normalized spacial score (nSPS) is 20.1. The molecule has 0 aromatic heterocycles. The number of halogens is 2. The molecule has 7 heteroatoms. The summed E-state index contributed by atoms with van der Waals surface area (Å²) in [5.74, 6) is 0.898. The Morgan fingerprint density at radius 1 is 1.44 bits per heavy atom. The summed E-state index contributed by atoms with van der Waals surface area (Å²) in [6, 6.07) is 4.97. The van der Waals surface area contributed by atoms with Gasteiger partial charge in [-0.25, -0.2) is 4.39 Å². The number of guanidine groups is 1. The minimum absolute atomic E-state index is 0. The van der Waals surface area contributed by atoms with Crippen LogP contribution in [-0.2, 0) is 6.54 Å². The maximum atomic E-state index is 13.8. The highest BCUT2D eigenvalue weighted by molar-refractivity contribution is 14.0. The summed E-state index contributed by atoms with van der Waals surface area (Å²) >= 11 is 0. The standard InChI is InChI=1S/C18H28FN3O2.HI/c1-4-20-18(21-11-14-6-5-7-16(14)23)22(2)12-13-8-9-17(24-3)15(19)10-13;/h8-10,14,16,23H,4-7,11-12H2,1-3H3,(H,20,21);1H. The van der Waals surface area contributed by atoms with E-state index in [1.165, 1.54) is 13.2 Å². The molecule has 1 saturated carbocycles. The number of ether oxygens (including phenoxy) is 1.